The van der Waals surface area contributed by atoms with Crippen molar-refractivity contribution in [3.05, 3.63) is 121 Å². The van der Waals surface area contributed by atoms with Crippen LogP contribution >= 0.6 is 15.9 Å². The summed E-state index contributed by atoms with van der Waals surface area (Å²) in [7, 11) is -0.558. The van der Waals surface area contributed by atoms with Gasteiger partial charge in [-0.1, -0.05) is 38.1 Å². The fraction of sp³-hybridized carbons (Fsp3) is 0.458. The fourth-order valence-corrected chi connectivity index (χ4v) is 7.17. The summed E-state index contributed by atoms with van der Waals surface area (Å²) in [4.78, 5) is 23.5. The van der Waals surface area contributed by atoms with Gasteiger partial charge in [0.05, 0.1) is 41.7 Å². The third-order valence-electron chi connectivity index (χ3n) is 10.8. The highest BCUT2D eigenvalue weighted by atomic mass is 79.9. The van der Waals surface area contributed by atoms with E-state index in [2.05, 4.69) is 15.9 Å². The molecule has 12 heteroatoms. The molecule has 4 aromatic rings. The van der Waals surface area contributed by atoms with Gasteiger partial charge in [-0.3, -0.25) is 9.59 Å². The van der Waals surface area contributed by atoms with Crippen molar-refractivity contribution in [2.45, 2.75) is 133 Å². The van der Waals surface area contributed by atoms with E-state index in [1.54, 1.807) is 58.9 Å². The van der Waals surface area contributed by atoms with E-state index in [0.717, 1.165) is 27.7 Å². The smallest absolute Gasteiger partial charge is 0.466 e. The van der Waals surface area contributed by atoms with Crippen molar-refractivity contribution in [1.29, 1.82) is 0 Å². The largest absolute Gasteiger partial charge is 0.494 e. The van der Waals surface area contributed by atoms with Crippen molar-refractivity contribution in [2.24, 2.45) is 0 Å². The summed E-state index contributed by atoms with van der Waals surface area (Å²) in [5, 5.41) is 0. The Labute approximate surface area is 363 Å². The summed E-state index contributed by atoms with van der Waals surface area (Å²) < 4.78 is 79.1. The minimum atomic E-state index is -0.558. The molecule has 0 unspecified atom stereocenters. The van der Waals surface area contributed by atoms with Gasteiger partial charge in [-0.2, -0.15) is 0 Å². The highest BCUT2D eigenvalue weighted by Gasteiger charge is 2.52. The first-order chi connectivity index (χ1) is 27.8. The molecule has 5 rings (SSSR count). The molecule has 6 nitrogen and oxygen atoms in total. The van der Waals surface area contributed by atoms with Crippen LogP contribution in [-0.2, 0) is 28.4 Å². The molecule has 1 heterocycles. The van der Waals surface area contributed by atoms with Gasteiger partial charge in [0.15, 0.2) is 0 Å². The molecule has 0 N–H and O–H groups in total. The third-order valence-corrected chi connectivity index (χ3v) is 11.8. The van der Waals surface area contributed by atoms with Gasteiger partial charge in [-0.25, -0.2) is 17.6 Å². The van der Waals surface area contributed by atoms with Crippen LogP contribution in [0.2, 0.25) is 0 Å². The van der Waals surface area contributed by atoms with Crippen molar-refractivity contribution in [3.8, 4) is 11.1 Å². The number of benzene rings is 4. The van der Waals surface area contributed by atoms with Crippen LogP contribution in [0.5, 0.6) is 0 Å². The number of esters is 2. The molecule has 2 atom stereocenters. The van der Waals surface area contributed by atoms with Crippen LogP contribution in [0.3, 0.4) is 0 Å². The van der Waals surface area contributed by atoms with Crippen LogP contribution in [-0.4, -0.2) is 43.5 Å². The van der Waals surface area contributed by atoms with Crippen molar-refractivity contribution >= 4 is 40.4 Å². The lowest BCUT2D eigenvalue weighted by Crippen LogP contribution is -2.41. The Morgan fingerprint density at radius 1 is 0.633 bits per heavy atom. The second-order valence-electron chi connectivity index (χ2n) is 16.7. The Morgan fingerprint density at radius 3 is 1.52 bits per heavy atom. The molecule has 0 saturated carbocycles. The topological polar surface area (TPSA) is 71.1 Å². The SMILES string of the molecule is CCOC(=O)C[C@H](C)c1cc(-c2c(C)cc(C)cc2F)cc(C)c1F.CCOC(=O)C[C@H](C)c1cc(B2OC(C)(C)C(C)(C)O2)cc(C)c1F.Cc1cc(C)c(Br)c(F)c1. The summed E-state index contributed by atoms with van der Waals surface area (Å²) >= 11 is 3.14. The van der Waals surface area contributed by atoms with Crippen molar-refractivity contribution in [2.75, 3.05) is 13.2 Å². The maximum absolute atomic E-state index is 14.6. The van der Waals surface area contributed by atoms with E-state index in [1.807, 2.05) is 74.4 Å². The summed E-state index contributed by atoms with van der Waals surface area (Å²) in [6, 6.07) is 13.6. The summed E-state index contributed by atoms with van der Waals surface area (Å²) in [6.45, 7) is 26.4. The number of hydrogen-bond donors (Lipinski definition) is 0. The van der Waals surface area contributed by atoms with Crippen LogP contribution in [0.25, 0.3) is 11.1 Å². The normalized spacial score (nSPS) is 14.9. The lowest BCUT2D eigenvalue weighted by molar-refractivity contribution is -0.144. The number of carbonyl (C=O) groups excluding carboxylic acids is 2. The van der Waals surface area contributed by atoms with Gasteiger partial charge in [0.1, 0.15) is 23.3 Å². The maximum atomic E-state index is 14.6. The second kappa shape index (κ2) is 21.2. The van der Waals surface area contributed by atoms with Gasteiger partial charge in [0.25, 0.3) is 0 Å². The second-order valence-corrected chi connectivity index (χ2v) is 17.5. The number of aryl methyl sites for hydroxylation is 6. The Balaban J connectivity index is 0.000000261. The predicted molar refractivity (Wildman–Crippen MR) is 236 cm³/mol. The van der Waals surface area contributed by atoms with Gasteiger partial charge < -0.3 is 18.8 Å². The van der Waals surface area contributed by atoms with Crippen LogP contribution in [0, 0.1) is 64.8 Å². The molecule has 0 spiro atoms. The maximum Gasteiger partial charge on any atom is 0.494 e. The molecule has 0 aromatic heterocycles. The molecule has 326 valence electrons. The van der Waals surface area contributed by atoms with Gasteiger partial charge in [-0.05, 0) is 191 Å². The van der Waals surface area contributed by atoms with E-state index in [9.17, 15) is 27.2 Å². The zero-order chi connectivity index (χ0) is 45.4. The third kappa shape index (κ3) is 12.8. The van der Waals surface area contributed by atoms with E-state index >= 15 is 0 Å². The van der Waals surface area contributed by atoms with E-state index in [-0.39, 0.29) is 59.9 Å². The van der Waals surface area contributed by atoms with Gasteiger partial charge in [0, 0.05) is 5.56 Å². The Kier molecular flexibility index (Phi) is 17.8. The van der Waals surface area contributed by atoms with E-state index in [1.165, 1.54) is 12.1 Å². The molecule has 1 aliphatic rings. The van der Waals surface area contributed by atoms with E-state index in [4.69, 9.17) is 18.8 Å². The first-order valence-electron chi connectivity index (χ1n) is 20.3. The number of ether oxygens (including phenoxy) is 2. The Morgan fingerprint density at radius 2 is 1.07 bits per heavy atom. The minimum Gasteiger partial charge on any atom is -0.466 e. The van der Waals surface area contributed by atoms with Crippen LogP contribution in [0.4, 0.5) is 17.6 Å². The monoisotopic (exact) mass is 898 g/mol. The van der Waals surface area contributed by atoms with Gasteiger partial charge >= 0.3 is 19.1 Å². The number of carbonyl (C=O) groups is 2. The molecule has 0 bridgehead atoms. The zero-order valence-electron chi connectivity index (χ0n) is 37.5. The standard InChI is InChI=1S/C21H24F2O2.C19H28BFO4.C8H8BrF/c1-6-25-19(24)10-13(3)17-11-16(9-15(5)21(17)23)20-14(4)7-12(2)8-18(20)22;1-8-23-16(22)10-12(2)15-11-14(9-13(3)17(15)21)20-24-18(4,5)19(6,7)25-20;1-5-3-6(2)8(9)7(10)4-5/h7-9,11,13H,6,10H2,1-5H3;9,11-12H,8,10H2,1-7H3;3-4H,1-2H3/t13-;12-;/m00./s1. The van der Waals surface area contributed by atoms with Crippen molar-refractivity contribution in [3.63, 3.8) is 0 Å². The molecule has 0 radical (unpaired) electrons. The summed E-state index contributed by atoms with van der Waals surface area (Å²) in [6.07, 6.45) is 0.222. The van der Waals surface area contributed by atoms with Crippen LogP contribution < -0.4 is 5.46 Å². The summed E-state index contributed by atoms with van der Waals surface area (Å²) in [5.74, 6) is -2.50. The molecule has 0 aliphatic carbocycles. The Bertz CT molecular complexity index is 2110. The lowest BCUT2D eigenvalue weighted by Gasteiger charge is -2.32. The minimum absolute atomic E-state index is 0.0863. The van der Waals surface area contributed by atoms with Crippen LogP contribution in [0.15, 0.2) is 53.0 Å². The van der Waals surface area contributed by atoms with E-state index < -0.39 is 18.3 Å². The Hall–Kier alpha value is -4.00. The first kappa shape index (κ1) is 50.4. The van der Waals surface area contributed by atoms with Crippen LogP contribution in [0.1, 0.15) is 125 Å². The molecule has 4 aromatic carbocycles. The molecular formula is C48H60BBrF4O6. The molecular weight excluding hydrogens is 839 g/mol. The number of hydrogen-bond acceptors (Lipinski definition) is 6. The van der Waals surface area contributed by atoms with E-state index in [0.29, 0.717) is 51.1 Å². The molecule has 1 aliphatic heterocycles. The highest BCUT2D eigenvalue weighted by molar-refractivity contribution is 9.10. The summed E-state index contributed by atoms with van der Waals surface area (Å²) in [5.41, 5.74) is 6.31. The lowest BCUT2D eigenvalue weighted by atomic mass is 9.76. The predicted octanol–water partition coefficient (Wildman–Crippen LogP) is 12.3. The number of rotatable bonds is 10. The average Bonchev–Trinajstić information content (AvgIpc) is 3.35. The quantitative estimate of drug-likeness (QED) is 0.0897. The average molecular weight is 900 g/mol. The van der Waals surface area contributed by atoms with Crippen molar-refractivity contribution < 1.29 is 45.9 Å². The molecule has 0 amide bonds. The first-order valence-corrected chi connectivity index (χ1v) is 21.1. The molecule has 1 saturated heterocycles. The van der Waals surface area contributed by atoms with Gasteiger partial charge in [0.2, 0.25) is 0 Å². The fourth-order valence-electron chi connectivity index (χ4n) is 6.94. The highest BCUT2D eigenvalue weighted by Crippen LogP contribution is 2.37. The number of halogens is 5. The van der Waals surface area contributed by atoms with Crippen molar-refractivity contribution in [1.82, 2.24) is 0 Å². The van der Waals surface area contributed by atoms with Gasteiger partial charge in [-0.15, -0.1) is 0 Å². The molecule has 1 fully saturated rings. The molecule has 60 heavy (non-hydrogen) atoms. The zero-order valence-corrected chi connectivity index (χ0v) is 39.1.